The lowest BCUT2D eigenvalue weighted by Crippen LogP contribution is -2.24. The van der Waals surface area contributed by atoms with E-state index >= 15 is 0 Å². The highest BCUT2D eigenvalue weighted by molar-refractivity contribution is 5.96. The summed E-state index contributed by atoms with van der Waals surface area (Å²) in [4.78, 5) is 19.9. The van der Waals surface area contributed by atoms with Gasteiger partial charge in [0.05, 0.1) is 17.6 Å². The molecule has 0 N–H and O–H groups in total. The third-order valence-corrected chi connectivity index (χ3v) is 7.21. The Morgan fingerprint density at radius 3 is 2.31 bits per heavy atom. The highest BCUT2D eigenvalue weighted by Gasteiger charge is 2.34. The fourth-order valence-corrected chi connectivity index (χ4v) is 5.07. The van der Waals surface area contributed by atoms with Gasteiger partial charge in [-0.25, -0.2) is 4.98 Å². The first-order valence-electron chi connectivity index (χ1n) is 13.2. The molecule has 1 saturated heterocycles. The van der Waals surface area contributed by atoms with Crippen molar-refractivity contribution in [1.29, 1.82) is 0 Å². The molecule has 0 bridgehead atoms. The van der Waals surface area contributed by atoms with Crippen molar-refractivity contribution in [2.24, 2.45) is 0 Å². The van der Waals surface area contributed by atoms with Gasteiger partial charge in [0.15, 0.2) is 0 Å². The van der Waals surface area contributed by atoms with Gasteiger partial charge in [0.25, 0.3) is 0 Å². The SMILES string of the molecule is CCc1ccc(OCCCCn2c(C3CC(=O)N(c4ccc(CC)cc4)C3)nc3ccccc32)cc1. The van der Waals surface area contributed by atoms with Crippen LogP contribution in [0.1, 0.15) is 56.0 Å². The first kappa shape index (κ1) is 24.1. The summed E-state index contributed by atoms with van der Waals surface area (Å²) in [6.45, 7) is 6.53. The fourth-order valence-electron chi connectivity index (χ4n) is 5.07. The van der Waals surface area contributed by atoms with Crippen LogP contribution in [0.25, 0.3) is 11.0 Å². The Morgan fingerprint density at radius 2 is 1.58 bits per heavy atom. The van der Waals surface area contributed by atoms with E-state index in [-0.39, 0.29) is 11.8 Å². The molecule has 1 aromatic heterocycles. The van der Waals surface area contributed by atoms with Gasteiger partial charge in [-0.3, -0.25) is 4.79 Å². The van der Waals surface area contributed by atoms with Crippen LogP contribution in [0.2, 0.25) is 0 Å². The molecule has 4 aromatic rings. The molecule has 0 spiro atoms. The zero-order valence-corrected chi connectivity index (χ0v) is 21.3. The average molecular weight is 482 g/mol. The molecule has 1 fully saturated rings. The van der Waals surface area contributed by atoms with E-state index in [4.69, 9.17) is 9.72 Å². The lowest BCUT2D eigenvalue weighted by molar-refractivity contribution is -0.117. The van der Waals surface area contributed by atoms with Gasteiger partial charge in [-0.15, -0.1) is 0 Å². The van der Waals surface area contributed by atoms with Crippen LogP contribution in [0.15, 0.2) is 72.8 Å². The second-order valence-electron chi connectivity index (χ2n) is 9.59. The van der Waals surface area contributed by atoms with Crippen LogP contribution in [-0.2, 0) is 24.2 Å². The van der Waals surface area contributed by atoms with E-state index in [9.17, 15) is 4.79 Å². The summed E-state index contributed by atoms with van der Waals surface area (Å²) in [5, 5.41) is 0. The number of fused-ring (bicyclic) bond motifs is 1. The number of para-hydroxylation sites is 2. The van der Waals surface area contributed by atoms with Crippen LogP contribution in [0.3, 0.4) is 0 Å². The Morgan fingerprint density at radius 1 is 0.889 bits per heavy atom. The molecule has 0 radical (unpaired) electrons. The maximum absolute atomic E-state index is 13.0. The molecular weight excluding hydrogens is 446 g/mol. The molecule has 36 heavy (non-hydrogen) atoms. The van der Waals surface area contributed by atoms with Crippen LogP contribution in [0.4, 0.5) is 5.69 Å². The van der Waals surface area contributed by atoms with Crippen LogP contribution in [0, 0.1) is 0 Å². The van der Waals surface area contributed by atoms with Gasteiger partial charge in [-0.2, -0.15) is 0 Å². The number of benzene rings is 3. The summed E-state index contributed by atoms with van der Waals surface area (Å²) in [5.74, 6) is 2.21. The molecule has 5 nitrogen and oxygen atoms in total. The molecule has 2 heterocycles. The Balaban J connectivity index is 1.26. The van der Waals surface area contributed by atoms with E-state index in [1.807, 2.05) is 11.0 Å². The van der Waals surface area contributed by atoms with Gasteiger partial charge in [-0.05, 0) is 73.2 Å². The molecule has 5 heteroatoms. The van der Waals surface area contributed by atoms with E-state index in [0.717, 1.165) is 60.5 Å². The zero-order valence-electron chi connectivity index (χ0n) is 21.3. The van der Waals surface area contributed by atoms with Crippen molar-refractivity contribution in [2.75, 3.05) is 18.1 Å². The second-order valence-corrected chi connectivity index (χ2v) is 9.59. The summed E-state index contributed by atoms with van der Waals surface area (Å²) in [5.41, 5.74) is 5.72. The summed E-state index contributed by atoms with van der Waals surface area (Å²) >= 11 is 0. The van der Waals surface area contributed by atoms with Crippen LogP contribution in [0.5, 0.6) is 5.75 Å². The quantitative estimate of drug-likeness (QED) is 0.242. The third kappa shape index (κ3) is 5.15. The number of nitrogens with zero attached hydrogens (tertiary/aromatic N) is 3. The molecule has 0 aliphatic carbocycles. The highest BCUT2D eigenvalue weighted by atomic mass is 16.5. The summed E-state index contributed by atoms with van der Waals surface area (Å²) < 4.78 is 8.29. The second kappa shape index (κ2) is 11.0. The number of hydrogen-bond donors (Lipinski definition) is 0. The minimum Gasteiger partial charge on any atom is -0.494 e. The number of imidazole rings is 1. The molecule has 1 unspecified atom stereocenters. The van der Waals surface area contributed by atoms with E-state index in [1.54, 1.807) is 0 Å². The Hall–Kier alpha value is -3.60. The Bertz CT molecular complexity index is 1310. The van der Waals surface area contributed by atoms with Gasteiger partial charge < -0.3 is 14.2 Å². The zero-order chi connectivity index (χ0) is 24.9. The summed E-state index contributed by atoms with van der Waals surface area (Å²) in [6, 6.07) is 25.0. The number of carbonyl (C=O) groups is 1. The Labute approximate surface area is 213 Å². The Kier molecular flexibility index (Phi) is 7.36. The number of aromatic nitrogens is 2. The molecule has 1 aliphatic rings. The van der Waals surface area contributed by atoms with Gasteiger partial charge in [0.1, 0.15) is 11.6 Å². The van der Waals surface area contributed by atoms with Gasteiger partial charge in [-0.1, -0.05) is 50.2 Å². The van der Waals surface area contributed by atoms with Gasteiger partial charge >= 0.3 is 0 Å². The van der Waals surface area contributed by atoms with Crippen LogP contribution < -0.4 is 9.64 Å². The summed E-state index contributed by atoms with van der Waals surface area (Å²) in [7, 11) is 0. The van der Waals surface area contributed by atoms with E-state index in [2.05, 4.69) is 85.1 Å². The normalized spacial score (nSPS) is 15.7. The van der Waals surface area contributed by atoms with Crippen molar-refractivity contribution in [3.8, 4) is 5.75 Å². The largest absolute Gasteiger partial charge is 0.494 e. The van der Waals surface area contributed by atoms with Crippen molar-refractivity contribution in [3.63, 3.8) is 0 Å². The molecular formula is C31H35N3O2. The number of aryl methyl sites for hydroxylation is 3. The number of ether oxygens (including phenoxy) is 1. The fraction of sp³-hybridized carbons (Fsp3) is 0.355. The standard InChI is InChI=1S/C31H35N3O2/c1-3-23-11-15-26(16-12-23)34-22-25(21-30(34)35)31-32-28-9-5-6-10-29(28)33(31)19-7-8-20-36-27-17-13-24(4-2)14-18-27/h5-6,9-18,25H,3-4,7-8,19-22H2,1-2H3. The lowest BCUT2D eigenvalue weighted by Gasteiger charge is -2.18. The summed E-state index contributed by atoms with van der Waals surface area (Å²) in [6.07, 6.45) is 4.48. The molecule has 1 amide bonds. The highest BCUT2D eigenvalue weighted by Crippen LogP contribution is 2.33. The van der Waals surface area contributed by atoms with Crippen molar-refractivity contribution in [2.45, 2.75) is 58.4 Å². The van der Waals surface area contributed by atoms with Crippen molar-refractivity contribution < 1.29 is 9.53 Å². The average Bonchev–Trinajstić information content (AvgIpc) is 3.49. The minimum atomic E-state index is 0.0871. The van der Waals surface area contributed by atoms with Crippen molar-refractivity contribution in [1.82, 2.24) is 9.55 Å². The smallest absolute Gasteiger partial charge is 0.227 e. The van der Waals surface area contributed by atoms with E-state index in [0.29, 0.717) is 19.6 Å². The van der Waals surface area contributed by atoms with Crippen LogP contribution in [-0.4, -0.2) is 28.6 Å². The maximum atomic E-state index is 13.0. The number of hydrogen-bond acceptors (Lipinski definition) is 3. The first-order chi connectivity index (χ1) is 17.7. The predicted molar refractivity (Wildman–Crippen MR) is 146 cm³/mol. The van der Waals surface area contributed by atoms with Crippen molar-refractivity contribution >= 4 is 22.6 Å². The van der Waals surface area contributed by atoms with Crippen molar-refractivity contribution in [3.05, 3.63) is 89.7 Å². The molecule has 3 aromatic carbocycles. The maximum Gasteiger partial charge on any atom is 0.227 e. The molecule has 0 saturated carbocycles. The predicted octanol–water partition coefficient (Wildman–Crippen LogP) is 6.54. The number of anilines is 1. The number of rotatable bonds is 10. The lowest BCUT2D eigenvalue weighted by atomic mass is 10.1. The number of amides is 1. The molecule has 186 valence electrons. The number of carbonyl (C=O) groups excluding carboxylic acids is 1. The van der Waals surface area contributed by atoms with Gasteiger partial charge in [0.2, 0.25) is 5.91 Å². The number of unbranched alkanes of at least 4 members (excludes halogenated alkanes) is 1. The van der Waals surface area contributed by atoms with E-state index < -0.39 is 0 Å². The van der Waals surface area contributed by atoms with Crippen LogP contribution >= 0.6 is 0 Å². The topological polar surface area (TPSA) is 47.4 Å². The minimum absolute atomic E-state index is 0.0871. The van der Waals surface area contributed by atoms with E-state index in [1.165, 1.54) is 11.1 Å². The molecule has 1 atom stereocenters. The monoisotopic (exact) mass is 481 g/mol. The molecule has 1 aliphatic heterocycles. The molecule has 5 rings (SSSR count). The first-order valence-corrected chi connectivity index (χ1v) is 13.2. The van der Waals surface area contributed by atoms with Gasteiger partial charge in [0, 0.05) is 31.1 Å². The third-order valence-electron chi connectivity index (χ3n) is 7.21.